The molecule has 0 aliphatic rings. The Kier molecular flexibility index (Phi) is 6.79. The van der Waals surface area contributed by atoms with Gasteiger partial charge in [-0.25, -0.2) is 19.2 Å². The summed E-state index contributed by atoms with van der Waals surface area (Å²) in [6.07, 6.45) is -0.784. The molecule has 0 saturated carbocycles. The normalized spacial score (nSPS) is 11.9. The number of nitrogens with zero attached hydrogens (tertiary/aromatic N) is 2. The molecule has 0 aliphatic carbocycles. The van der Waals surface area contributed by atoms with Gasteiger partial charge in [0.25, 0.3) is 5.91 Å². The van der Waals surface area contributed by atoms with Crippen LogP contribution in [0.1, 0.15) is 23.7 Å². The first kappa shape index (κ1) is 25.4. The lowest BCUT2D eigenvalue weighted by atomic mass is 9.99. The molecule has 0 fully saturated rings. The van der Waals surface area contributed by atoms with Crippen LogP contribution in [0.3, 0.4) is 0 Å². The number of esters is 1. The van der Waals surface area contributed by atoms with Gasteiger partial charge in [0.2, 0.25) is 5.89 Å². The zero-order chi connectivity index (χ0) is 27.6. The predicted molar refractivity (Wildman–Crippen MR) is 153 cm³/mol. The Labute approximate surface area is 232 Å². The number of rotatable bonds is 7. The quantitative estimate of drug-likeness (QED) is 0.207. The standard InChI is InChI=1S/C31H22FN3O4S/c1-2-25(28(36)35-31-34-24(17-40-31)18-13-15-20(32)16-14-18)39-30(37)22-10-6-8-19-7-5-9-21(27(19)22)29-33-23-11-3-4-12-26(23)38-29/h3-17,25H,2H2,1H3,(H,34,35,36). The summed E-state index contributed by atoms with van der Waals surface area (Å²) in [5.41, 5.74) is 3.63. The molecule has 9 heteroatoms. The zero-order valence-electron chi connectivity index (χ0n) is 21.3. The van der Waals surface area contributed by atoms with Crippen molar-refractivity contribution in [1.29, 1.82) is 0 Å². The van der Waals surface area contributed by atoms with Crippen LogP contribution < -0.4 is 5.32 Å². The third-order valence-corrected chi connectivity index (χ3v) is 7.19. The average Bonchev–Trinajstić information content (AvgIpc) is 3.62. The number of para-hydroxylation sites is 2. The lowest BCUT2D eigenvalue weighted by molar-refractivity contribution is -0.124. The first-order valence-corrected chi connectivity index (χ1v) is 13.5. The van der Waals surface area contributed by atoms with Gasteiger partial charge in [-0.15, -0.1) is 11.3 Å². The monoisotopic (exact) mass is 551 g/mol. The molecule has 2 aromatic heterocycles. The summed E-state index contributed by atoms with van der Waals surface area (Å²) in [5.74, 6) is -1.08. The van der Waals surface area contributed by atoms with Crippen LogP contribution in [0, 0.1) is 5.82 Å². The lowest BCUT2D eigenvalue weighted by Crippen LogP contribution is -2.32. The number of fused-ring (bicyclic) bond motifs is 2. The third-order valence-electron chi connectivity index (χ3n) is 6.44. The molecule has 6 rings (SSSR count). The number of carbonyl (C=O) groups is 2. The summed E-state index contributed by atoms with van der Waals surface area (Å²) in [5, 5.41) is 6.28. The number of benzene rings is 4. The molecule has 0 radical (unpaired) electrons. The highest BCUT2D eigenvalue weighted by Crippen LogP contribution is 2.33. The molecule has 2 heterocycles. The lowest BCUT2D eigenvalue weighted by Gasteiger charge is -2.16. The number of hydrogen-bond acceptors (Lipinski definition) is 7. The van der Waals surface area contributed by atoms with E-state index in [2.05, 4.69) is 15.3 Å². The molecule has 1 unspecified atom stereocenters. The maximum absolute atomic E-state index is 13.5. The number of nitrogens with one attached hydrogen (secondary N) is 1. The fraction of sp³-hybridized carbons (Fsp3) is 0.0968. The topological polar surface area (TPSA) is 94.3 Å². The van der Waals surface area contributed by atoms with Crippen molar-refractivity contribution in [3.8, 4) is 22.7 Å². The molecule has 7 nitrogen and oxygen atoms in total. The Hall–Kier alpha value is -4.89. The van der Waals surface area contributed by atoms with Crippen LogP contribution in [0.15, 0.2) is 94.7 Å². The molecule has 0 aliphatic heterocycles. The van der Waals surface area contributed by atoms with E-state index in [0.29, 0.717) is 44.3 Å². The van der Waals surface area contributed by atoms with Gasteiger partial charge in [-0.05, 0) is 60.3 Å². The van der Waals surface area contributed by atoms with Crippen LogP contribution in [-0.2, 0) is 9.53 Å². The molecule has 1 amide bonds. The van der Waals surface area contributed by atoms with Crippen molar-refractivity contribution < 1.29 is 23.1 Å². The van der Waals surface area contributed by atoms with Gasteiger partial charge in [0.05, 0.1) is 11.3 Å². The molecule has 1 atom stereocenters. The van der Waals surface area contributed by atoms with Crippen molar-refractivity contribution in [2.45, 2.75) is 19.4 Å². The van der Waals surface area contributed by atoms with Crippen LogP contribution in [0.2, 0.25) is 0 Å². The van der Waals surface area contributed by atoms with E-state index >= 15 is 0 Å². The minimum atomic E-state index is -1.04. The highest BCUT2D eigenvalue weighted by Gasteiger charge is 2.25. The highest BCUT2D eigenvalue weighted by molar-refractivity contribution is 7.14. The van der Waals surface area contributed by atoms with Crippen molar-refractivity contribution in [1.82, 2.24) is 9.97 Å². The number of hydrogen-bond donors (Lipinski definition) is 1. The molecule has 0 spiro atoms. The Morgan fingerprint density at radius 3 is 2.52 bits per heavy atom. The summed E-state index contributed by atoms with van der Waals surface area (Å²) >= 11 is 1.23. The number of oxazole rings is 1. The molecule has 0 saturated heterocycles. The number of halogens is 1. The Bertz CT molecular complexity index is 1820. The first-order chi connectivity index (χ1) is 19.5. The molecular weight excluding hydrogens is 529 g/mol. The van der Waals surface area contributed by atoms with E-state index in [4.69, 9.17) is 9.15 Å². The highest BCUT2D eigenvalue weighted by atomic mass is 32.1. The van der Waals surface area contributed by atoms with E-state index in [1.807, 2.05) is 48.5 Å². The molecule has 6 aromatic rings. The van der Waals surface area contributed by atoms with E-state index in [-0.39, 0.29) is 12.2 Å². The number of amides is 1. The van der Waals surface area contributed by atoms with Crippen LogP contribution in [0.5, 0.6) is 0 Å². The van der Waals surface area contributed by atoms with E-state index in [0.717, 1.165) is 10.9 Å². The molecular formula is C31H22FN3O4S. The summed E-state index contributed by atoms with van der Waals surface area (Å²) in [6, 6.07) is 24.3. The van der Waals surface area contributed by atoms with E-state index < -0.39 is 18.0 Å². The van der Waals surface area contributed by atoms with Gasteiger partial charge in [-0.1, -0.05) is 43.3 Å². The second-order valence-electron chi connectivity index (χ2n) is 9.03. The van der Waals surface area contributed by atoms with E-state index in [9.17, 15) is 14.0 Å². The van der Waals surface area contributed by atoms with Crippen molar-refractivity contribution in [3.05, 3.63) is 102 Å². The predicted octanol–water partition coefficient (Wildman–Crippen LogP) is 7.48. The Morgan fingerprint density at radius 1 is 0.975 bits per heavy atom. The van der Waals surface area contributed by atoms with E-state index in [1.54, 1.807) is 36.6 Å². The van der Waals surface area contributed by atoms with Crippen LogP contribution in [0.25, 0.3) is 44.6 Å². The zero-order valence-corrected chi connectivity index (χ0v) is 22.1. The largest absolute Gasteiger partial charge is 0.449 e. The average molecular weight is 552 g/mol. The van der Waals surface area contributed by atoms with E-state index in [1.165, 1.54) is 23.5 Å². The summed E-state index contributed by atoms with van der Waals surface area (Å²) in [4.78, 5) is 35.5. The van der Waals surface area contributed by atoms with Gasteiger partial charge >= 0.3 is 5.97 Å². The molecule has 40 heavy (non-hydrogen) atoms. The van der Waals surface area contributed by atoms with Gasteiger partial charge in [-0.3, -0.25) is 10.1 Å². The smallest absolute Gasteiger partial charge is 0.339 e. The number of anilines is 1. The number of aromatic nitrogens is 2. The van der Waals surface area contributed by atoms with Crippen LogP contribution in [0.4, 0.5) is 9.52 Å². The fourth-order valence-corrected chi connectivity index (χ4v) is 5.18. The van der Waals surface area contributed by atoms with Crippen LogP contribution >= 0.6 is 11.3 Å². The minimum Gasteiger partial charge on any atom is -0.449 e. The summed E-state index contributed by atoms with van der Waals surface area (Å²) < 4.78 is 25.0. The summed E-state index contributed by atoms with van der Waals surface area (Å²) in [7, 11) is 0. The van der Waals surface area contributed by atoms with Gasteiger partial charge in [0, 0.05) is 21.9 Å². The van der Waals surface area contributed by atoms with Gasteiger partial charge in [-0.2, -0.15) is 0 Å². The maximum Gasteiger partial charge on any atom is 0.339 e. The van der Waals surface area contributed by atoms with Crippen molar-refractivity contribution >= 4 is 50.2 Å². The van der Waals surface area contributed by atoms with Gasteiger partial charge < -0.3 is 9.15 Å². The molecule has 0 bridgehead atoms. The number of thiazole rings is 1. The number of ether oxygens (including phenoxy) is 1. The second-order valence-corrected chi connectivity index (χ2v) is 9.89. The number of carbonyl (C=O) groups excluding carboxylic acids is 2. The first-order valence-electron chi connectivity index (χ1n) is 12.6. The maximum atomic E-state index is 13.5. The fourth-order valence-electron chi connectivity index (χ4n) is 4.46. The van der Waals surface area contributed by atoms with Crippen molar-refractivity contribution in [3.63, 3.8) is 0 Å². The summed E-state index contributed by atoms with van der Waals surface area (Å²) in [6.45, 7) is 1.76. The SMILES string of the molecule is CCC(OC(=O)c1cccc2cccc(-c3nc4ccccc4o3)c12)C(=O)Nc1nc(-c2ccc(F)cc2)cs1. The third kappa shape index (κ3) is 4.94. The Balaban J connectivity index is 1.25. The van der Waals surface area contributed by atoms with Crippen LogP contribution in [-0.4, -0.2) is 27.9 Å². The molecule has 198 valence electrons. The van der Waals surface area contributed by atoms with Crippen molar-refractivity contribution in [2.24, 2.45) is 0 Å². The van der Waals surface area contributed by atoms with Crippen molar-refractivity contribution in [2.75, 3.05) is 5.32 Å². The molecule has 1 N–H and O–H groups in total. The second kappa shape index (κ2) is 10.7. The Morgan fingerprint density at radius 2 is 1.75 bits per heavy atom. The van der Waals surface area contributed by atoms with Gasteiger partial charge in [0.15, 0.2) is 16.8 Å². The van der Waals surface area contributed by atoms with Gasteiger partial charge in [0.1, 0.15) is 11.3 Å². The minimum absolute atomic E-state index is 0.260. The molecule has 4 aromatic carbocycles.